The van der Waals surface area contributed by atoms with E-state index in [1.807, 2.05) is 56.8 Å². The minimum atomic E-state index is -0.897. The van der Waals surface area contributed by atoms with Gasteiger partial charge >= 0.3 is 5.97 Å². The van der Waals surface area contributed by atoms with E-state index in [-0.39, 0.29) is 17.1 Å². The van der Waals surface area contributed by atoms with E-state index < -0.39 is 11.6 Å². The van der Waals surface area contributed by atoms with Crippen LogP contribution in [0.2, 0.25) is 0 Å². The van der Waals surface area contributed by atoms with Crippen molar-refractivity contribution < 1.29 is 15.0 Å². The Labute approximate surface area is 231 Å². The van der Waals surface area contributed by atoms with E-state index >= 15 is 0 Å². The van der Waals surface area contributed by atoms with Crippen molar-refractivity contribution in [2.75, 3.05) is 5.75 Å². The summed E-state index contributed by atoms with van der Waals surface area (Å²) >= 11 is 1.88. The van der Waals surface area contributed by atoms with Crippen LogP contribution in [0.15, 0.2) is 60.7 Å². The highest BCUT2D eigenvalue weighted by Gasteiger charge is 2.44. The highest BCUT2D eigenvalue weighted by Crippen LogP contribution is 2.53. The molecule has 5 heteroatoms. The van der Waals surface area contributed by atoms with Crippen LogP contribution in [0.5, 0.6) is 0 Å². The molecule has 38 heavy (non-hydrogen) atoms. The standard InChI is InChI=1S/C33H39NO3S/c1-23-12-15-28(34-24(23)2)16-13-25-8-7-10-27(20-25)30(38-22-33(18-19-33)21-31(35)36)17-14-26-9-5-6-11-29(26)32(3,4)37/h5-13,15-16,20,30,37H,14,17-19,21-22H2,1-4H3,(H,35,36)/b16-13+/t30-/m1/s1. The second kappa shape index (κ2) is 11.9. The maximum Gasteiger partial charge on any atom is 0.303 e. The lowest BCUT2D eigenvalue weighted by Crippen LogP contribution is -2.18. The highest BCUT2D eigenvalue weighted by molar-refractivity contribution is 7.99. The van der Waals surface area contributed by atoms with Crippen LogP contribution in [-0.4, -0.2) is 26.9 Å². The Kier molecular flexibility index (Phi) is 8.79. The van der Waals surface area contributed by atoms with E-state index in [0.29, 0.717) is 0 Å². The molecule has 2 N–H and O–H groups in total. The molecular formula is C33H39NO3S. The second-order valence-electron chi connectivity index (χ2n) is 11.3. The van der Waals surface area contributed by atoms with E-state index in [1.54, 1.807) is 0 Å². The predicted octanol–water partition coefficient (Wildman–Crippen LogP) is 7.76. The molecule has 0 bridgehead atoms. The molecule has 200 valence electrons. The fraction of sp³-hybridized carbons (Fsp3) is 0.394. The molecule has 1 aromatic heterocycles. The van der Waals surface area contributed by atoms with Crippen LogP contribution in [0.4, 0.5) is 0 Å². The number of pyridine rings is 1. The summed E-state index contributed by atoms with van der Waals surface area (Å²) in [7, 11) is 0. The smallest absolute Gasteiger partial charge is 0.303 e. The fourth-order valence-corrected chi connectivity index (χ4v) is 6.47. The molecule has 4 nitrogen and oxygen atoms in total. The van der Waals surface area contributed by atoms with Crippen LogP contribution in [0.1, 0.15) is 84.0 Å². The topological polar surface area (TPSA) is 70.4 Å². The largest absolute Gasteiger partial charge is 0.481 e. The van der Waals surface area contributed by atoms with Gasteiger partial charge in [-0.3, -0.25) is 9.78 Å². The van der Waals surface area contributed by atoms with Crippen molar-refractivity contribution in [3.8, 4) is 0 Å². The van der Waals surface area contributed by atoms with Crippen LogP contribution in [0.3, 0.4) is 0 Å². The first-order chi connectivity index (χ1) is 18.0. The Bertz CT molecular complexity index is 1300. The van der Waals surface area contributed by atoms with E-state index in [9.17, 15) is 15.0 Å². The second-order valence-corrected chi connectivity index (χ2v) is 12.5. The summed E-state index contributed by atoms with van der Waals surface area (Å²) in [5, 5.41) is 20.3. The van der Waals surface area contributed by atoms with Gasteiger partial charge in [0.05, 0.1) is 17.7 Å². The zero-order valence-electron chi connectivity index (χ0n) is 22.9. The summed E-state index contributed by atoms with van der Waals surface area (Å²) in [5.74, 6) is 0.148. The Morgan fingerprint density at radius 2 is 1.84 bits per heavy atom. The number of carboxylic acids is 1. The first-order valence-electron chi connectivity index (χ1n) is 13.4. The van der Waals surface area contributed by atoms with Gasteiger partial charge in [0, 0.05) is 16.7 Å². The molecule has 1 atom stereocenters. The van der Waals surface area contributed by atoms with Crippen LogP contribution in [-0.2, 0) is 16.8 Å². The summed E-state index contributed by atoms with van der Waals surface area (Å²) in [5.41, 5.74) is 6.70. The number of hydrogen-bond donors (Lipinski definition) is 2. The fourth-order valence-electron chi connectivity index (χ4n) is 4.90. The number of hydrogen-bond acceptors (Lipinski definition) is 4. The van der Waals surface area contributed by atoms with Crippen molar-refractivity contribution in [2.24, 2.45) is 5.41 Å². The molecule has 1 heterocycles. The molecule has 0 unspecified atom stereocenters. The van der Waals surface area contributed by atoms with Crippen molar-refractivity contribution >= 4 is 29.9 Å². The predicted molar refractivity (Wildman–Crippen MR) is 158 cm³/mol. The molecule has 4 rings (SSSR count). The molecule has 0 amide bonds. The van der Waals surface area contributed by atoms with Crippen LogP contribution < -0.4 is 0 Å². The maximum atomic E-state index is 11.4. The van der Waals surface area contributed by atoms with E-state index in [2.05, 4.69) is 60.5 Å². The molecule has 2 aromatic carbocycles. The average molecular weight is 530 g/mol. The third kappa shape index (κ3) is 7.58. The summed E-state index contributed by atoms with van der Waals surface area (Å²) in [4.78, 5) is 16.1. The van der Waals surface area contributed by atoms with Gasteiger partial charge in [-0.05, 0) is 98.8 Å². The number of carboxylic acid groups (broad SMARTS) is 1. The van der Waals surface area contributed by atoms with Gasteiger partial charge in [-0.1, -0.05) is 60.7 Å². The number of carbonyl (C=O) groups is 1. The van der Waals surface area contributed by atoms with Crippen molar-refractivity contribution in [2.45, 2.75) is 70.7 Å². The Hall–Kier alpha value is -2.89. The Balaban J connectivity index is 1.55. The SMILES string of the molecule is Cc1ccc(/C=C/c2cccc([C@@H](CCc3ccccc3C(C)(C)O)SCC3(CC(=O)O)CC3)c2)nc1C. The van der Waals surface area contributed by atoms with Crippen molar-refractivity contribution in [3.63, 3.8) is 0 Å². The molecule has 0 spiro atoms. The van der Waals surface area contributed by atoms with Gasteiger partial charge < -0.3 is 10.2 Å². The van der Waals surface area contributed by atoms with Crippen LogP contribution in [0.25, 0.3) is 12.2 Å². The molecule has 0 saturated heterocycles. The third-order valence-electron chi connectivity index (χ3n) is 7.53. The number of benzene rings is 2. The molecule has 1 saturated carbocycles. The van der Waals surface area contributed by atoms with E-state index in [1.165, 1.54) is 11.1 Å². The Morgan fingerprint density at radius 1 is 1.08 bits per heavy atom. The van der Waals surface area contributed by atoms with Crippen molar-refractivity contribution in [1.82, 2.24) is 4.98 Å². The number of aliphatic carboxylic acids is 1. The Morgan fingerprint density at radius 3 is 2.53 bits per heavy atom. The number of thioether (sulfide) groups is 1. The lowest BCUT2D eigenvalue weighted by molar-refractivity contribution is -0.138. The number of rotatable bonds is 12. The minimum Gasteiger partial charge on any atom is -0.481 e. The summed E-state index contributed by atoms with van der Waals surface area (Å²) in [6, 6.07) is 20.9. The number of aryl methyl sites for hydroxylation is 3. The van der Waals surface area contributed by atoms with Gasteiger partial charge in [0.25, 0.3) is 0 Å². The first kappa shape index (κ1) is 28.1. The highest BCUT2D eigenvalue weighted by atomic mass is 32.2. The molecule has 3 aromatic rings. The first-order valence-corrected chi connectivity index (χ1v) is 14.5. The van der Waals surface area contributed by atoms with Gasteiger partial charge in [-0.15, -0.1) is 0 Å². The van der Waals surface area contributed by atoms with Gasteiger partial charge in [0.1, 0.15) is 0 Å². The third-order valence-corrected chi connectivity index (χ3v) is 9.22. The van der Waals surface area contributed by atoms with Gasteiger partial charge in [-0.2, -0.15) is 11.8 Å². The molecule has 0 aliphatic heterocycles. The average Bonchev–Trinajstić information content (AvgIpc) is 3.63. The quantitative estimate of drug-likeness (QED) is 0.251. The summed E-state index contributed by atoms with van der Waals surface area (Å²) < 4.78 is 0. The summed E-state index contributed by atoms with van der Waals surface area (Å²) in [6.45, 7) is 7.77. The lowest BCUT2D eigenvalue weighted by Gasteiger charge is -2.24. The normalized spacial score (nSPS) is 15.5. The van der Waals surface area contributed by atoms with Gasteiger partial charge in [0.15, 0.2) is 0 Å². The van der Waals surface area contributed by atoms with Crippen LogP contribution in [0, 0.1) is 19.3 Å². The number of aromatic nitrogens is 1. The zero-order chi connectivity index (χ0) is 27.3. The van der Waals surface area contributed by atoms with E-state index in [0.717, 1.165) is 59.5 Å². The van der Waals surface area contributed by atoms with Crippen molar-refractivity contribution in [1.29, 1.82) is 0 Å². The number of aliphatic hydroxyl groups is 1. The monoisotopic (exact) mass is 529 g/mol. The molecule has 1 aliphatic carbocycles. The lowest BCUT2D eigenvalue weighted by atomic mass is 9.90. The molecule has 1 aliphatic rings. The molecule has 0 radical (unpaired) electrons. The molecule has 1 fully saturated rings. The van der Waals surface area contributed by atoms with Gasteiger partial charge in [-0.25, -0.2) is 0 Å². The van der Waals surface area contributed by atoms with E-state index in [4.69, 9.17) is 0 Å². The van der Waals surface area contributed by atoms with Crippen molar-refractivity contribution in [3.05, 3.63) is 99.9 Å². The molecular weight excluding hydrogens is 490 g/mol. The van der Waals surface area contributed by atoms with Gasteiger partial charge in [0.2, 0.25) is 0 Å². The number of nitrogens with zero attached hydrogens (tertiary/aromatic N) is 1. The zero-order valence-corrected chi connectivity index (χ0v) is 23.7. The minimum absolute atomic E-state index is 0.0633. The van der Waals surface area contributed by atoms with Crippen LogP contribution >= 0.6 is 11.8 Å². The maximum absolute atomic E-state index is 11.4. The summed E-state index contributed by atoms with van der Waals surface area (Å²) in [6.07, 6.45) is 8.15.